The number of hydrogen-bond donors (Lipinski definition) is 2. The molecule has 2 heterocycles. The Bertz CT molecular complexity index is 927. The summed E-state index contributed by atoms with van der Waals surface area (Å²) >= 11 is 5.98. The molecule has 0 spiro atoms. The van der Waals surface area contributed by atoms with Crippen LogP contribution in [0.2, 0.25) is 5.02 Å². The zero-order valence-corrected chi connectivity index (χ0v) is 13.9. The molecule has 0 amide bonds. The zero-order valence-electron chi connectivity index (χ0n) is 13.2. The van der Waals surface area contributed by atoms with Crippen molar-refractivity contribution in [1.29, 1.82) is 0 Å². The lowest BCUT2D eigenvalue weighted by Gasteiger charge is -2.40. The van der Waals surface area contributed by atoms with Crippen LogP contribution in [0.15, 0.2) is 23.0 Å². The average Bonchev–Trinajstić information content (AvgIpc) is 2.51. The predicted octanol–water partition coefficient (Wildman–Crippen LogP) is 3.23. The van der Waals surface area contributed by atoms with E-state index in [9.17, 15) is 36.2 Å². The Morgan fingerprint density at radius 1 is 1.30 bits per heavy atom. The monoisotopic (exact) mass is 416 g/mol. The highest BCUT2D eigenvalue weighted by Crippen LogP contribution is 2.45. The molecule has 12 heteroatoms. The van der Waals surface area contributed by atoms with Gasteiger partial charge in [-0.2, -0.15) is 26.3 Å². The largest absolute Gasteiger partial charge is 0.488 e. The van der Waals surface area contributed by atoms with Crippen molar-refractivity contribution in [2.24, 2.45) is 0 Å². The summed E-state index contributed by atoms with van der Waals surface area (Å²) < 4.78 is 83.3. The van der Waals surface area contributed by atoms with Crippen LogP contribution in [0, 0.1) is 0 Å². The van der Waals surface area contributed by atoms with Crippen LogP contribution in [0.5, 0.6) is 5.75 Å². The summed E-state index contributed by atoms with van der Waals surface area (Å²) in [5.74, 6) is -0.205. The normalized spacial score (nSPS) is 19.0. The summed E-state index contributed by atoms with van der Waals surface area (Å²) in [4.78, 5) is 14.3. The Balaban J connectivity index is 2.17. The van der Waals surface area contributed by atoms with Crippen LogP contribution in [0.25, 0.3) is 10.9 Å². The number of alkyl halides is 6. The topological polar surface area (TPSA) is 65.6 Å². The molecular weight excluding hydrogens is 406 g/mol. The number of nitrogens with zero attached hydrogens (tertiary/aromatic N) is 1. The van der Waals surface area contributed by atoms with E-state index in [2.05, 4.69) is 4.98 Å². The van der Waals surface area contributed by atoms with Crippen LogP contribution in [-0.2, 0) is 0 Å². The molecule has 2 atom stereocenters. The number of fused-ring (bicyclic) bond motifs is 3. The highest BCUT2D eigenvalue weighted by atomic mass is 35.5. The average molecular weight is 417 g/mol. The van der Waals surface area contributed by atoms with Gasteiger partial charge in [0.2, 0.25) is 5.56 Å². The molecule has 0 aliphatic carbocycles. The number of aromatic amines is 1. The minimum atomic E-state index is -5.10. The Morgan fingerprint density at radius 2 is 1.96 bits per heavy atom. The number of halogens is 7. The number of rotatable bonds is 2. The fourth-order valence-corrected chi connectivity index (χ4v) is 3.13. The van der Waals surface area contributed by atoms with Crippen molar-refractivity contribution in [1.82, 2.24) is 4.98 Å². The third-order valence-electron chi connectivity index (χ3n) is 4.09. The van der Waals surface area contributed by atoms with Crippen molar-refractivity contribution in [2.75, 3.05) is 18.1 Å². The third-order valence-corrected chi connectivity index (χ3v) is 4.39. The van der Waals surface area contributed by atoms with Gasteiger partial charge in [-0.25, -0.2) is 0 Å². The first-order valence-corrected chi connectivity index (χ1v) is 7.84. The maximum Gasteiger partial charge on any atom is 0.416 e. The Labute approximate surface area is 152 Å². The zero-order chi connectivity index (χ0) is 20.1. The quantitative estimate of drug-likeness (QED) is 0.738. The lowest BCUT2D eigenvalue weighted by Crippen LogP contribution is -2.55. The molecule has 1 aromatic carbocycles. The first-order chi connectivity index (χ1) is 12.4. The highest BCUT2D eigenvalue weighted by Gasteiger charge is 2.50. The van der Waals surface area contributed by atoms with Crippen LogP contribution in [-0.4, -0.2) is 47.7 Å². The van der Waals surface area contributed by atoms with Gasteiger partial charge < -0.3 is 19.7 Å². The van der Waals surface area contributed by atoms with E-state index >= 15 is 0 Å². The van der Waals surface area contributed by atoms with Crippen molar-refractivity contribution in [3.63, 3.8) is 0 Å². The van der Waals surface area contributed by atoms with E-state index < -0.39 is 43.2 Å². The van der Waals surface area contributed by atoms with Crippen LogP contribution < -0.4 is 15.2 Å². The molecule has 0 saturated carbocycles. The molecule has 0 radical (unpaired) electrons. The number of aliphatic hydroxyl groups excluding tert-OH is 1. The minimum Gasteiger partial charge on any atom is -0.488 e. The van der Waals surface area contributed by atoms with Gasteiger partial charge in [-0.1, -0.05) is 11.6 Å². The van der Waals surface area contributed by atoms with Crippen LogP contribution in [0.3, 0.4) is 0 Å². The summed E-state index contributed by atoms with van der Waals surface area (Å²) in [6, 6.07) is 0.848. The summed E-state index contributed by atoms with van der Waals surface area (Å²) in [7, 11) is 0. The molecule has 0 unspecified atom stereocenters. The molecule has 0 fully saturated rings. The van der Waals surface area contributed by atoms with Gasteiger partial charge in [-0.3, -0.25) is 4.79 Å². The van der Waals surface area contributed by atoms with Crippen LogP contribution in [0.4, 0.5) is 32.0 Å². The molecular formula is C15H11ClF6N2O3. The number of ether oxygens (including phenoxy) is 1. The summed E-state index contributed by atoms with van der Waals surface area (Å²) in [5.41, 5.74) is -0.748. The summed E-state index contributed by atoms with van der Waals surface area (Å²) in [6.07, 6.45) is -13.0. The Morgan fingerprint density at radius 3 is 2.56 bits per heavy atom. The van der Waals surface area contributed by atoms with Crippen molar-refractivity contribution < 1.29 is 36.2 Å². The van der Waals surface area contributed by atoms with E-state index in [1.165, 1.54) is 6.07 Å². The van der Waals surface area contributed by atoms with E-state index in [1.807, 2.05) is 0 Å². The molecule has 27 heavy (non-hydrogen) atoms. The van der Waals surface area contributed by atoms with Gasteiger partial charge in [-0.15, -0.1) is 0 Å². The second-order valence-electron chi connectivity index (χ2n) is 5.90. The summed E-state index contributed by atoms with van der Waals surface area (Å²) in [6.45, 7) is -2.35. The molecule has 1 aliphatic rings. The van der Waals surface area contributed by atoms with Crippen molar-refractivity contribution in [2.45, 2.75) is 24.5 Å². The van der Waals surface area contributed by atoms with Gasteiger partial charge in [0.25, 0.3) is 0 Å². The van der Waals surface area contributed by atoms with E-state index in [4.69, 9.17) is 16.3 Å². The predicted molar refractivity (Wildman–Crippen MR) is 84.3 cm³/mol. The van der Waals surface area contributed by atoms with E-state index in [1.54, 1.807) is 0 Å². The van der Waals surface area contributed by atoms with Gasteiger partial charge in [0.1, 0.15) is 6.61 Å². The third kappa shape index (κ3) is 3.65. The number of nitrogens with one attached hydrogen (secondary N) is 1. The Hall–Kier alpha value is -2.14. The van der Waals surface area contributed by atoms with E-state index in [-0.39, 0.29) is 27.4 Å². The molecule has 1 aliphatic heterocycles. The maximum atomic E-state index is 13.3. The SMILES string of the molecule is O=c1cc(Cl)c2c3c(ccc2[nH]1)N(C[C@H](O)C(F)(F)F)[C@@H](C(F)(F)F)CO3. The number of hydrogen-bond acceptors (Lipinski definition) is 4. The fraction of sp³-hybridized carbons (Fsp3) is 0.400. The lowest BCUT2D eigenvalue weighted by molar-refractivity contribution is -0.204. The molecule has 2 aromatic rings. The molecule has 148 valence electrons. The highest BCUT2D eigenvalue weighted by molar-refractivity contribution is 6.36. The van der Waals surface area contributed by atoms with Gasteiger partial charge in [0.05, 0.1) is 28.2 Å². The van der Waals surface area contributed by atoms with Crippen LogP contribution in [0.1, 0.15) is 0 Å². The standard InChI is InChI=1S/C15H11ClF6N2O3/c16-6-3-11(26)23-7-1-2-8-13(12(6)7)27-5-9(14(17,18)19)24(8)4-10(25)15(20,21)22/h1-3,9-10,25H,4-5H2,(H,23,26)/t9-,10+/m1/s1. The van der Waals surface area contributed by atoms with Crippen LogP contribution >= 0.6 is 11.6 Å². The van der Waals surface area contributed by atoms with Gasteiger partial charge in [-0.05, 0) is 12.1 Å². The second kappa shape index (κ2) is 6.48. The molecule has 1 aromatic heterocycles. The maximum absolute atomic E-state index is 13.3. The molecule has 2 N–H and O–H groups in total. The number of anilines is 1. The number of β-amino-alcohol motifs (C(OH)–C–C–N with tert-alkyl or cyclic N) is 1. The molecule has 0 saturated heterocycles. The van der Waals surface area contributed by atoms with Crippen molar-refractivity contribution in [3.8, 4) is 5.75 Å². The van der Waals surface area contributed by atoms with E-state index in [0.29, 0.717) is 4.90 Å². The minimum absolute atomic E-state index is 0.0564. The molecule has 3 rings (SSSR count). The Kier molecular flexibility index (Phi) is 4.71. The summed E-state index contributed by atoms with van der Waals surface area (Å²) in [5, 5.41) is 9.23. The van der Waals surface area contributed by atoms with Gasteiger partial charge >= 0.3 is 12.4 Å². The number of aromatic nitrogens is 1. The molecule has 5 nitrogen and oxygen atoms in total. The number of H-pyrrole nitrogens is 1. The van der Waals surface area contributed by atoms with Crippen molar-refractivity contribution in [3.05, 3.63) is 33.6 Å². The molecule has 0 bridgehead atoms. The number of benzene rings is 1. The van der Waals surface area contributed by atoms with Gasteiger partial charge in [0, 0.05) is 6.07 Å². The first kappa shape index (κ1) is 19.6. The van der Waals surface area contributed by atoms with Crippen molar-refractivity contribution >= 4 is 28.2 Å². The first-order valence-electron chi connectivity index (χ1n) is 7.46. The smallest absolute Gasteiger partial charge is 0.416 e. The lowest BCUT2D eigenvalue weighted by atomic mass is 10.1. The van der Waals surface area contributed by atoms with Gasteiger partial charge in [0.15, 0.2) is 17.9 Å². The van der Waals surface area contributed by atoms with E-state index in [0.717, 1.165) is 12.1 Å². The number of pyridine rings is 1. The number of aliphatic hydroxyl groups is 1. The second-order valence-corrected chi connectivity index (χ2v) is 6.30. The fourth-order valence-electron chi connectivity index (χ4n) is 2.85.